The van der Waals surface area contributed by atoms with Gasteiger partial charge in [-0.2, -0.15) is 0 Å². The second-order valence-electron chi connectivity index (χ2n) is 18.0. The highest BCUT2D eigenvalue weighted by Gasteiger charge is 2.37. The second-order valence-corrected chi connectivity index (χ2v) is 23.6. The number of hydrogen-bond acceptors (Lipinski definition) is 11. The van der Waals surface area contributed by atoms with Crippen molar-refractivity contribution < 1.29 is 49.1 Å². The van der Waals surface area contributed by atoms with Gasteiger partial charge in [0.15, 0.2) is 19.7 Å². The summed E-state index contributed by atoms with van der Waals surface area (Å²) in [5.74, 6) is -5.41. The number of halogens is 8. The Balaban J connectivity index is 0.000000188. The number of nitrogens with zero attached hydrogens (tertiary/aromatic N) is 2. The fourth-order valence-corrected chi connectivity index (χ4v) is 12.7. The molecule has 4 aliphatic rings. The third-order valence-electron chi connectivity index (χ3n) is 12.2. The largest absolute Gasteiger partial charge is 0.481 e. The molecule has 0 aromatic heterocycles. The van der Waals surface area contributed by atoms with Gasteiger partial charge < -0.3 is 32.1 Å². The van der Waals surface area contributed by atoms with Crippen LogP contribution in [-0.4, -0.2) is 83.2 Å². The first-order valence-corrected chi connectivity index (χ1v) is 27.0. The maximum atomic E-state index is 13.5. The van der Waals surface area contributed by atoms with Crippen molar-refractivity contribution in [1.29, 1.82) is 0 Å². The van der Waals surface area contributed by atoms with E-state index in [0.29, 0.717) is 43.9 Å². The molecule has 4 aromatic rings. The van der Waals surface area contributed by atoms with Gasteiger partial charge in [0.2, 0.25) is 0 Å². The number of anilines is 5. The normalized spacial score (nSPS) is 17.8. The first kappa shape index (κ1) is 54.1. The average Bonchev–Trinajstić information content (AvgIpc) is 4.22. The van der Waals surface area contributed by atoms with Crippen LogP contribution in [0.15, 0.2) is 70.5 Å². The third kappa shape index (κ3) is 14.9. The highest BCUT2D eigenvalue weighted by Crippen LogP contribution is 2.45. The van der Waals surface area contributed by atoms with Crippen LogP contribution >= 0.6 is 46.4 Å². The zero-order valence-electron chi connectivity index (χ0n) is 37.3. The number of ketones is 1. The number of carbonyl (C=O) groups excluding carboxylic acids is 1. The van der Waals surface area contributed by atoms with E-state index in [2.05, 4.69) is 0 Å². The molecule has 376 valence electrons. The monoisotopic (exact) mass is 1080 g/mol. The molecule has 0 amide bonds. The summed E-state index contributed by atoms with van der Waals surface area (Å²) in [5, 5.41) is 9.58. The number of sulfone groups is 2. The average molecular weight is 1080 g/mol. The summed E-state index contributed by atoms with van der Waals surface area (Å²) in [4.78, 5) is 27.2. The molecule has 2 aliphatic heterocycles. The van der Waals surface area contributed by atoms with Gasteiger partial charge in [0.25, 0.3) is 11.8 Å². The number of nitrogen functional groups attached to an aromatic ring is 3. The minimum absolute atomic E-state index is 0.00858. The lowest BCUT2D eigenvalue weighted by molar-refractivity contribution is -0.136. The maximum Gasteiger partial charge on any atom is 0.307 e. The molecule has 0 spiro atoms. The summed E-state index contributed by atoms with van der Waals surface area (Å²) < 4.78 is 102. The topological polar surface area (TPSA) is 207 Å². The number of carboxylic acids is 1. The van der Waals surface area contributed by atoms with Gasteiger partial charge in [-0.1, -0.05) is 70.7 Å². The Morgan fingerprint density at radius 2 is 0.971 bits per heavy atom. The molecule has 0 radical (unpaired) electrons. The Hall–Kier alpha value is -4.20. The Bertz CT molecular complexity index is 2750. The number of carbonyl (C=O) groups is 2. The third-order valence-corrected chi connectivity index (χ3v) is 17.4. The summed E-state index contributed by atoms with van der Waals surface area (Å²) in [6.45, 7) is 0.596. The van der Waals surface area contributed by atoms with Crippen LogP contribution in [0.1, 0.15) is 68.1 Å². The van der Waals surface area contributed by atoms with E-state index in [1.54, 1.807) is 52.3 Å². The predicted octanol–water partition coefficient (Wildman–Crippen LogP) is 10.2. The molecule has 8 rings (SSSR count). The minimum atomic E-state index is -3.30. The van der Waals surface area contributed by atoms with Crippen LogP contribution in [0.2, 0.25) is 20.1 Å². The van der Waals surface area contributed by atoms with Crippen molar-refractivity contribution >= 4 is 106 Å². The number of rotatable bonds is 14. The molecule has 12 nitrogen and oxygen atoms in total. The molecule has 69 heavy (non-hydrogen) atoms. The molecule has 2 heterocycles. The minimum Gasteiger partial charge on any atom is -0.481 e. The quantitative estimate of drug-likeness (QED) is 0.0687. The number of nitrogens with two attached hydrogens (primary N) is 3. The van der Waals surface area contributed by atoms with E-state index in [0.717, 1.165) is 25.7 Å². The molecule has 7 N–H and O–H groups in total. The lowest BCUT2D eigenvalue weighted by atomic mass is 10.00. The summed E-state index contributed by atoms with van der Waals surface area (Å²) in [7, 11) is -6.49. The molecule has 0 atom stereocenters. The van der Waals surface area contributed by atoms with Crippen molar-refractivity contribution in [2.75, 3.05) is 64.7 Å². The van der Waals surface area contributed by atoms with Crippen molar-refractivity contribution in [3.63, 3.8) is 0 Å². The van der Waals surface area contributed by atoms with Crippen molar-refractivity contribution in [3.05, 3.63) is 97.4 Å². The summed E-state index contributed by atoms with van der Waals surface area (Å²) >= 11 is 25.0. The highest BCUT2D eigenvalue weighted by atomic mass is 35.5. The van der Waals surface area contributed by atoms with E-state index in [-0.39, 0.29) is 131 Å². The van der Waals surface area contributed by atoms with Crippen LogP contribution in [0.5, 0.6) is 0 Å². The van der Waals surface area contributed by atoms with Crippen molar-refractivity contribution in [2.45, 2.75) is 92.3 Å². The first-order chi connectivity index (χ1) is 32.2. The lowest BCUT2D eigenvalue weighted by Crippen LogP contribution is -2.39. The van der Waals surface area contributed by atoms with E-state index in [1.165, 1.54) is 18.2 Å². The summed E-state index contributed by atoms with van der Waals surface area (Å²) in [5.41, 5.74) is 20.9. The lowest BCUT2D eigenvalue weighted by Gasteiger charge is -2.34. The fourth-order valence-electron chi connectivity index (χ4n) is 7.84. The Morgan fingerprint density at radius 3 is 1.36 bits per heavy atom. The van der Waals surface area contributed by atoms with E-state index in [1.807, 2.05) is 0 Å². The summed E-state index contributed by atoms with van der Waals surface area (Å²) in [6.07, 6.45) is 2.90. The molecule has 4 fully saturated rings. The molecule has 2 saturated heterocycles. The zero-order chi connectivity index (χ0) is 50.6. The first-order valence-electron chi connectivity index (χ1n) is 22.2. The van der Waals surface area contributed by atoms with Crippen molar-refractivity contribution in [1.82, 2.24) is 0 Å². The van der Waals surface area contributed by atoms with Gasteiger partial charge >= 0.3 is 5.97 Å². The van der Waals surface area contributed by atoms with Gasteiger partial charge in [0, 0.05) is 64.7 Å². The van der Waals surface area contributed by atoms with Crippen LogP contribution in [-0.2, 0) is 48.5 Å². The number of carboxylic acid groups (broad SMARTS) is 1. The van der Waals surface area contributed by atoms with Crippen LogP contribution in [0.25, 0.3) is 0 Å². The molecular weight excluding hydrogens is 1030 g/mol. The highest BCUT2D eigenvalue weighted by molar-refractivity contribution is 7.91. The van der Waals surface area contributed by atoms with Crippen LogP contribution in [0, 0.1) is 11.8 Å². The molecule has 22 heteroatoms. The Morgan fingerprint density at radius 1 is 0.594 bits per heavy atom. The molecular formula is C47H53Cl4F4N5O7S2. The van der Waals surface area contributed by atoms with Crippen LogP contribution < -0.4 is 27.0 Å². The van der Waals surface area contributed by atoms with Crippen LogP contribution in [0.3, 0.4) is 0 Å². The number of alkyl halides is 4. The zero-order valence-corrected chi connectivity index (χ0v) is 42.0. The number of piperidine rings is 2. The summed E-state index contributed by atoms with van der Waals surface area (Å²) in [6, 6.07) is 15.6. The van der Waals surface area contributed by atoms with E-state index >= 15 is 0 Å². The van der Waals surface area contributed by atoms with Gasteiger partial charge in [-0.25, -0.2) is 34.4 Å². The van der Waals surface area contributed by atoms with Gasteiger partial charge in [0.05, 0.1) is 76.2 Å². The van der Waals surface area contributed by atoms with E-state index in [4.69, 9.17) is 68.7 Å². The van der Waals surface area contributed by atoms with Gasteiger partial charge in [-0.05, 0) is 90.6 Å². The number of aliphatic carboxylic acids is 1. The second kappa shape index (κ2) is 22.1. The molecule has 2 saturated carbocycles. The molecule has 0 unspecified atom stereocenters. The van der Waals surface area contributed by atoms with Crippen LogP contribution in [0.4, 0.5) is 46.0 Å². The Labute approximate surface area is 419 Å². The number of hydrogen-bond donors (Lipinski definition) is 4. The van der Waals surface area contributed by atoms with Gasteiger partial charge in [0.1, 0.15) is 5.78 Å². The van der Waals surface area contributed by atoms with E-state index < -0.39 is 37.5 Å². The predicted molar refractivity (Wildman–Crippen MR) is 265 cm³/mol. The molecule has 2 aliphatic carbocycles. The number of Topliss-reactive ketones (excluding diaryl/α,β-unsaturated/α-hetero) is 1. The fraction of sp³-hybridized carbons (Fsp3) is 0.447. The molecule has 4 aromatic carbocycles. The maximum absolute atomic E-state index is 13.5. The number of benzene rings is 4. The SMILES string of the molecule is Nc1c(CC(=O)Cc2ccc(S(=O)(=O)CC3CC3)cc2)cc(Cl)c(N2CCC(F)(F)CC2)c1Cl.Nc1cc(Cl)c(N2CCC(F)(F)CC2)c(Cl)c1N.O=C(O)Cc1ccc(S(=O)(=O)CC2CC2)cc1. The molecule has 0 bridgehead atoms. The standard InChI is InChI=1S/C24H26Cl2F2N2O3S.C12H14O4S.C11H13Cl2F2N3/c25-20-13-17(22(29)21(26)23(20)30-9-7-24(27,28)8-10-30)12-18(31)11-15-3-5-19(6-4-15)34(32,33)14-16-1-2-16;13-12(14)7-9-3-5-11(6-4-9)17(15,16)8-10-1-2-10;12-6-5-7(16)9(17)8(13)10(6)18-3-1-11(14,15)2-4-18/h3-6,13,16H,1-2,7-12,14,29H2;3-6,10H,1-2,7-8H2,(H,13,14);5H,1-4,16-17H2. The van der Waals surface area contributed by atoms with Crippen molar-refractivity contribution in [3.8, 4) is 0 Å². The van der Waals surface area contributed by atoms with Crippen molar-refractivity contribution in [2.24, 2.45) is 11.8 Å². The Kier molecular flexibility index (Phi) is 17.3. The van der Waals surface area contributed by atoms with Gasteiger partial charge in [-0.15, -0.1) is 0 Å². The smallest absolute Gasteiger partial charge is 0.307 e. The van der Waals surface area contributed by atoms with E-state index in [9.17, 15) is 44.0 Å². The van der Waals surface area contributed by atoms with Gasteiger partial charge in [-0.3, -0.25) is 9.59 Å².